The molecule has 1 aromatic heterocycles. The molecule has 0 saturated carbocycles. The smallest absolute Gasteiger partial charge is 0.0537 e. The highest BCUT2D eigenvalue weighted by Crippen LogP contribution is 2.19. The van der Waals surface area contributed by atoms with Crippen LogP contribution in [0.15, 0.2) is 24.4 Å². The summed E-state index contributed by atoms with van der Waals surface area (Å²) in [5.74, 6) is 0. The molecule has 1 N–H and O–H groups in total. The fraction of sp³-hybridized carbons (Fsp3) is 0.308. The van der Waals surface area contributed by atoms with Crippen LogP contribution in [0.2, 0.25) is 10.0 Å². The van der Waals surface area contributed by atoms with Crippen molar-refractivity contribution in [1.82, 2.24) is 15.1 Å². The maximum Gasteiger partial charge on any atom is 0.0537 e. The molecule has 0 aliphatic heterocycles. The van der Waals surface area contributed by atoms with Gasteiger partial charge < -0.3 is 5.32 Å². The van der Waals surface area contributed by atoms with Gasteiger partial charge >= 0.3 is 0 Å². The lowest BCUT2D eigenvalue weighted by atomic mass is 10.2. The Morgan fingerprint density at radius 1 is 1.17 bits per heavy atom. The number of hydrogen-bond acceptors (Lipinski definition) is 2. The van der Waals surface area contributed by atoms with E-state index >= 15 is 0 Å². The van der Waals surface area contributed by atoms with Gasteiger partial charge in [-0.3, -0.25) is 4.68 Å². The van der Waals surface area contributed by atoms with Gasteiger partial charge in [0, 0.05) is 41.4 Å². The molecule has 5 heteroatoms. The van der Waals surface area contributed by atoms with E-state index in [9.17, 15) is 0 Å². The highest BCUT2D eigenvalue weighted by Gasteiger charge is 2.03. The maximum absolute atomic E-state index is 5.95. The van der Waals surface area contributed by atoms with Gasteiger partial charge in [0.2, 0.25) is 0 Å². The monoisotopic (exact) mass is 283 g/mol. The van der Waals surface area contributed by atoms with Crippen molar-refractivity contribution in [2.24, 2.45) is 7.05 Å². The molecule has 0 atom stereocenters. The lowest BCUT2D eigenvalue weighted by molar-refractivity contribution is 0.684. The van der Waals surface area contributed by atoms with E-state index in [0.29, 0.717) is 10.0 Å². The van der Waals surface area contributed by atoms with E-state index < -0.39 is 0 Å². The fourth-order valence-corrected chi connectivity index (χ4v) is 2.34. The lowest BCUT2D eigenvalue weighted by Crippen LogP contribution is -2.13. The molecular weight excluding hydrogens is 269 g/mol. The zero-order valence-electron chi connectivity index (χ0n) is 10.4. The Hall–Kier alpha value is -1.03. The van der Waals surface area contributed by atoms with Crippen molar-refractivity contribution in [3.8, 4) is 0 Å². The van der Waals surface area contributed by atoms with Crippen LogP contribution in [0, 0.1) is 6.92 Å². The van der Waals surface area contributed by atoms with Crippen LogP contribution >= 0.6 is 23.2 Å². The van der Waals surface area contributed by atoms with Gasteiger partial charge in [0.25, 0.3) is 0 Å². The van der Waals surface area contributed by atoms with Gasteiger partial charge in [-0.15, -0.1) is 0 Å². The summed E-state index contributed by atoms with van der Waals surface area (Å²) in [6, 6.07) is 5.56. The van der Waals surface area contributed by atoms with Crippen LogP contribution in [0.1, 0.15) is 16.8 Å². The van der Waals surface area contributed by atoms with Gasteiger partial charge in [0.1, 0.15) is 0 Å². The van der Waals surface area contributed by atoms with Crippen molar-refractivity contribution in [3.63, 3.8) is 0 Å². The average molecular weight is 284 g/mol. The molecule has 0 aliphatic rings. The molecule has 2 rings (SSSR count). The van der Waals surface area contributed by atoms with Crippen LogP contribution in [0.3, 0.4) is 0 Å². The van der Waals surface area contributed by atoms with Crippen LogP contribution in [0.4, 0.5) is 0 Å². The molecule has 0 fully saturated rings. The Kier molecular flexibility index (Phi) is 4.27. The second kappa shape index (κ2) is 5.74. The fourth-order valence-electron chi connectivity index (χ4n) is 1.77. The van der Waals surface area contributed by atoms with E-state index in [1.54, 1.807) is 6.07 Å². The number of hydrogen-bond donors (Lipinski definition) is 1. The first kappa shape index (κ1) is 13.4. The van der Waals surface area contributed by atoms with Crippen molar-refractivity contribution >= 4 is 23.2 Å². The molecule has 0 amide bonds. The predicted octanol–water partition coefficient (Wildman–Crippen LogP) is 3.33. The number of aromatic nitrogens is 2. The molecule has 1 aromatic carbocycles. The minimum Gasteiger partial charge on any atom is -0.308 e. The Bertz CT molecular complexity index is 529. The summed E-state index contributed by atoms with van der Waals surface area (Å²) in [7, 11) is 1.94. The van der Waals surface area contributed by atoms with E-state index in [1.807, 2.05) is 30.1 Å². The first-order valence-electron chi connectivity index (χ1n) is 5.69. The van der Waals surface area contributed by atoms with Crippen molar-refractivity contribution in [3.05, 3.63) is 51.3 Å². The molecule has 18 heavy (non-hydrogen) atoms. The van der Waals surface area contributed by atoms with E-state index in [4.69, 9.17) is 23.2 Å². The standard InChI is InChI=1S/C13H15Cl2N3/c1-9-11(8-17-18(9)2)7-16-6-10-3-12(14)5-13(15)4-10/h3-5,8,16H,6-7H2,1-2H3. The largest absolute Gasteiger partial charge is 0.308 e. The molecule has 0 radical (unpaired) electrons. The third kappa shape index (κ3) is 3.25. The zero-order chi connectivity index (χ0) is 13.1. The highest BCUT2D eigenvalue weighted by molar-refractivity contribution is 6.34. The Morgan fingerprint density at radius 3 is 2.39 bits per heavy atom. The molecule has 0 saturated heterocycles. The summed E-state index contributed by atoms with van der Waals surface area (Å²) in [6.07, 6.45) is 1.88. The molecule has 1 heterocycles. The normalized spacial score (nSPS) is 10.9. The van der Waals surface area contributed by atoms with E-state index in [-0.39, 0.29) is 0 Å². The quantitative estimate of drug-likeness (QED) is 0.933. The van der Waals surface area contributed by atoms with Crippen LogP contribution in [-0.4, -0.2) is 9.78 Å². The molecule has 0 aliphatic carbocycles. The van der Waals surface area contributed by atoms with Crippen molar-refractivity contribution in [2.75, 3.05) is 0 Å². The molecule has 0 unspecified atom stereocenters. The Morgan fingerprint density at radius 2 is 1.83 bits per heavy atom. The van der Waals surface area contributed by atoms with E-state index in [0.717, 1.165) is 18.7 Å². The maximum atomic E-state index is 5.95. The first-order chi connectivity index (χ1) is 8.56. The average Bonchev–Trinajstić information content (AvgIpc) is 2.59. The number of aryl methyl sites for hydroxylation is 1. The number of halogens is 2. The van der Waals surface area contributed by atoms with E-state index in [1.165, 1.54) is 11.3 Å². The molecule has 0 spiro atoms. The van der Waals surface area contributed by atoms with Crippen LogP contribution in [0.5, 0.6) is 0 Å². The van der Waals surface area contributed by atoms with Crippen LogP contribution in [-0.2, 0) is 20.1 Å². The van der Waals surface area contributed by atoms with Gasteiger partial charge in [0.15, 0.2) is 0 Å². The third-order valence-electron chi connectivity index (χ3n) is 2.90. The molecule has 3 nitrogen and oxygen atoms in total. The van der Waals surface area contributed by atoms with Gasteiger partial charge in [-0.2, -0.15) is 5.10 Å². The lowest BCUT2D eigenvalue weighted by Gasteiger charge is -2.06. The molecule has 2 aromatic rings. The number of nitrogens with zero attached hydrogens (tertiary/aromatic N) is 2. The first-order valence-corrected chi connectivity index (χ1v) is 6.45. The number of nitrogens with one attached hydrogen (secondary N) is 1. The van der Waals surface area contributed by atoms with Gasteiger partial charge in [-0.05, 0) is 30.7 Å². The summed E-state index contributed by atoms with van der Waals surface area (Å²) in [5, 5.41) is 8.89. The van der Waals surface area contributed by atoms with E-state index in [2.05, 4.69) is 17.3 Å². The third-order valence-corrected chi connectivity index (χ3v) is 3.34. The summed E-state index contributed by atoms with van der Waals surface area (Å²) < 4.78 is 1.87. The highest BCUT2D eigenvalue weighted by atomic mass is 35.5. The summed E-state index contributed by atoms with van der Waals surface area (Å²) >= 11 is 11.9. The Balaban J connectivity index is 1.94. The minimum absolute atomic E-state index is 0.664. The zero-order valence-corrected chi connectivity index (χ0v) is 11.9. The van der Waals surface area contributed by atoms with Crippen molar-refractivity contribution < 1.29 is 0 Å². The molecule has 96 valence electrons. The van der Waals surface area contributed by atoms with Gasteiger partial charge in [0.05, 0.1) is 6.20 Å². The number of benzene rings is 1. The van der Waals surface area contributed by atoms with Gasteiger partial charge in [-0.25, -0.2) is 0 Å². The summed E-state index contributed by atoms with van der Waals surface area (Å²) in [4.78, 5) is 0. The second-order valence-electron chi connectivity index (χ2n) is 4.26. The van der Waals surface area contributed by atoms with Gasteiger partial charge in [-0.1, -0.05) is 23.2 Å². The van der Waals surface area contributed by atoms with Crippen molar-refractivity contribution in [1.29, 1.82) is 0 Å². The second-order valence-corrected chi connectivity index (χ2v) is 5.13. The minimum atomic E-state index is 0.664. The molecule has 0 bridgehead atoms. The SMILES string of the molecule is Cc1c(CNCc2cc(Cl)cc(Cl)c2)cnn1C. The predicted molar refractivity (Wildman–Crippen MR) is 75.0 cm³/mol. The number of rotatable bonds is 4. The Labute approximate surface area is 117 Å². The van der Waals surface area contributed by atoms with Crippen molar-refractivity contribution in [2.45, 2.75) is 20.0 Å². The molecular formula is C13H15Cl2N3. The topological polar surface area (TPSA) is 29.9 Å². The van der Waals surface area contributed by atoms with Crippen LogP contribution < -0.4 is 5.32 Å². The van der Waals surface area contributed by atoms with Crippen LogP contribution in [0.25, 0.3) is 0 Å². The summed E-state index contributed by atoms with van der Waals surface area (Å²) in [5.41, 5.74) is 3.45. The summed E-state index contributed by atoms with van der Waals surface area (Å²) in [6.45, 7) is 3.57.